The Bertz CT molecular complexity index is 456. The second kappa shape index (κ2) is 6.80. The summed E-state index contributed by atoms with van der Waals surface area (Å²) in [6, 6.07) is 6.38. The number of nitrogens with one attached hydrogen (secondary N) is 1. The highest BCUT2D eigenvalue weighted by Gasteiger charge is 2.14. The lowest BCUT2D eigenvalue weighted by Crippen LogP contribution is -2.38. The van der Waals surface area contributed by atoms with Gasteiger partial charge in [0, 0.05) is 16.1 Å². The summed E-state index contributed by atoms with van der Waals surface area (Å²) in [4.78, 5) is 4.39. The maximum absolute atomic E-state index is 5.92. The second-order valence-corrected chi connectivity index (χ2v) is 5.70. The van der Waals surface area contributed by atoms with Gasteiger partial charge >= 0.3 is 0 Å². The van der Waals surface area contributed by atoms with Crippen LogP contribution in [0.5, 0.6) is 5.75 Å². The van der Waals surface area contributed by atoms with Crippen LogP contribution in [0.1, 0.15) is 31.2 Å². The zero-order valence-electron chi connectivity index (χ0n) is 11.2. The van der Waals surface area contributed by atoms with E-state index in [1.165, 1.54) is 25.7 Å². The Morgan fingerprint density at radius 1 is 1.47 bits per heavy atom. The number of methoxy groups -OCH3 is 1. The van der Waals surface area contributed by atoms with Crippen LogP contribution in [0.2, 0.25) is 0 Å². The maximum Gasteiger partial charge on any atom is 0.189 e. The molecule has 1 fully saturated rings. The van der Waals surface area contributed by atoms with Crippen molar-refractivity contribution in [2.75, 3.05) is 7.11 Å². The maximum atomic E-state index is 5.92. The number of hydrogen-bond donors (Lipinski definition) is 2. The molecule has 1 aliphatic rings. The van der Waals surface area contributed by atoms with Crippen LogP contribution in [0.3, 0.4) is 0 Å². The fraction of sp³-hybridized carbons (Fsp3) is 0.500. The molecule has 0 heterocycles. The molecule has 0 bridgehead atoms. The number of guanidine groups is 1. The van der Waals surface area contributed by atoms with Gasteiger partial charge in [-0.2, -0.15) is 0 Å². The van der Waals surface area contributed by atoms with Gasteiger partial charge in [-0.1, -0.05) is 28.8 Å². The molecule has 1 saturated carbocycles. The lowest BCUT2D eigenvalue weighted by atomic mass is 10.2. The largest absolute Gasteiger partial charge is 0.496 e. The van der Waals surface area contributed by atoms with Crippen LogP contribution in [0.15, 0.2) is 27.7 Å². The average molecular weight is 326 g/mol. The van der Waals surface area contributed by atoms with E-state index in [1.807, 2.05) is 18.2 Å². The van der Waals surface area contributed by atoms with Gasteiger partial charge in [0.25, 0.3) is 0 Å². The molecule has 3 N–H and O–H groups in total. The fourth-order valence-electron chi connectivity index (χ4n) is 2.37. The van der Waals surface area contributed by atoms with Crippen molar-refractivity contribution in [2.45, 2.75) is 38.3 Å². The van der Waals surface area contributed by atoms with Gasteiger partial charge in [0.1, 0.15) is 5.75 Å². The molecule has 0 spiro atoms. The molecule has 0 saturated heterocycles. The first kappa shape index (κ1) is 14.2. The number of benzene rings is 1. The Kier molecular flexibility index (Phi) is 5.07. The quantitative estimate of drug-likeness (QED) is 0.661. The van der Waals surface area contributed by atoms with Crippen molar-refractivity contribution in [3.8, 4) is 5.75 Å². The van der Waals surface area contributed by atoms with Gasteiger partial charge in [-0.05, 0) is 31.0 Å². The molecular weight excluding hydrogens is 306 g/mol. The molecule has 0 aliphatic heterocycles. The van der Waals surface area contributed by atoms with Gasteiger partial charge in [0.15, 0.2) is 5.96 Å². The smallest absolute Gasteiger partial charge is 0.189 e. The van der Waals surface area contributed by atoms with Crippen molar-refractivity contribution in [1.29, 1.82) is 0 Å². The fourth-order valence-corrected chi connectivity index (χ4v) is 2.77. The molecule has 2 rings (SSSR count). The minimum atomic E-state index is 0.494. The van der Waals surface area contributed by atoms with Crippen LogP contribution in [0, 0.1) is 0 Å². The Balaban J connectivity index is 1.98. The number of halogens is 1. The number of nitrogens with two attached hydrogens (primary N) is 1. The van der Waals surface area contributed by atoms with E-state index >= 15 is 0 Å². The molecule has 1 aromatic rings. The SMILES string of the molecule is COc1ccc(Br)cc1CN=C(N)NC1CCCC1. The lowest BCUT2D eigenvalue weighted by molar-refractivity contribution is 0.409. The Labute approximate surface area is 122 Å². The zero-order chi connectivity index (χ0) is 13.7. The molecule has 104 valence electrons. The van der Waals surface area contributed by atoms with Crippen molar-refractivity contribution >= 4 is 21.9 Å². The number of rotatable bonds is 4. The van der Waals surface area contributed by atoms with Crippen LogP contribution in [-0.2, 0) is 6.54 Å². The zero-order valence-corrected chi connectivity index (χ0v) is 12.7. The van der Waals surface area contributed by atoms with E-state index in [9.17, 15) is 0 Å². The third-order valence-corrected chi connectivity index (χ3v) is 3.86. The van der Waals surface area contributed by atoms with Gasteiger partial charge in [0.05, 0.1) is 13.7 Å². The van der Waals surface area contributed by atoms with E-state index in [0.29, 0.717) is 18.5 Å². The topological polar surface area (TPSA) is 59.6 Å². The molecule has 0 radical (unpaired) electrons. The summed E-state index contributed by atoms with van der Waals surface area (Å²) in [6.07, 6.45) is 4.95. The molecule has 5 heteroatoms. The van der Waals surface area contributed by atoms with E-state index in [1.54, 1.807) is 7.11 Å². The van der Waals surface area contributed by atoms with Gasteiger partial charge in [-0.25, -0.2) is 4.99 Å². The highest BCUT2D eigenvalue weighted by Crippen LogP contribution is 2.23. The van der Waals surface area contributed by atoms with E-state index in [4.69, 9.17) is 10.5 Å². The summed E-state index contributed by atoms with van der Waals surface area (Å²) in [5.41, 5.74) is 6.94. The minimum absolute atomic E-state index is 0.494. The highest BCUT2D eigenvalue weighted by molar-refractivity contribution is 9.10. The van der Waals surface area contributed by atoms with Crippen molar-refractivity contribution in [3.63, 3.8) is 0 Å². The van der Waals surface area contributed by atoms with Crippen LogP contribution in [-0.4, -0.2) is 19.1 Å². The third kappa shape index (κ3) is 4.13. The first-order valence-corrected chi connectivity index (χ1v) is 7.37. The molecule has 4 nitrogen and oxygen atoms in total. The standard InChI is InChI=1S/C14H20BrN3O/c1-19-13-7-6-11(15)8-10(13)9-17-14(16)18-12-4-2-3-5-12/h6-8,12H,2-5,9H2,1H3,(H3,16,17,18). The highest BCUT2D eigenvalue weighted by atomic mass is 79.9. The number of nitrogens with zero attached hydrogens (tertiary/aromatic N) is 1. The van der Waals surface area contributed by atoms with Gasteiger partial charge < -0.3 is 15.8 Å². The van der Waals surface area contributed by atoms with Crippen molar-refractivity contribution in [1.82, 2.24) is 5.32 Å². The van der Waals surface area contributed by atoms with Crippen LogP contribution in [0.25, 0.3) is 0 Å². The lowest BCUT2D eigenvalue weighted by Gasteiger charge is -2.12. The summed E-state index contributed by atoms with van der Waals surface area (Å²) < 4.78 is 6.33. The minimum Gasteiger partial charge on any atom is -0.496 e. The summed E-state index contributed by atoms with van der Waals surface area (Å²) in [5.74, 6) is 1.36. The molecular formula is C14H20BrN3O. The average Bonchev–Trinajstić information content (AvgIpc) is 2.89. The molecule has 19 heavy (non-hydrogen) atoms. The third-order valence-electron chi connectivity index (χ3n) is 3.37. The Morgan fingerprint density at radius 3 is 2.89 bits per heavy atom. The normalized spacial score (nSPS) is 16.6. The number of aliphatic imine (C=N–C) groups is 1. The predicted octanol–water partition coefficient (Wildman–Crippen LogP) is 2.80. The summed E-state index contributed by atoms with van der Waals surface area (Å²) in [6.45, 7) is 0.522. The van der Waals surface area contributed by atoms with Crippen LogP contribution < -0.4 is 15.8 Å². The molecule has 0 unspecified atom stereocenters. The summed E-state index contributed by atoms with van der Waals surface area (Å²) >= 11 is 3.45. The monoisotopic (exact) mass is 325 g/mol. The summed E-state index contributed by atoms with van der Waals surface area (Å²) in [7, 11) is 1.66. The van der Waals surface area contributed by atoms with E-state index in [2.05, 4.69) is 26.2 Å². The van der Waals surface area contributed by atoms with Crippen molar-refractivity contribution in [3.05, 3.63) is 28.2 Å². The van der Waals surface area contributed by atoms with Gasteiger partial charge in [-0.3, -0.25) is 0 Å². The molecule has 0 amide bonds. The molecule has 0 aromatic heterocycles. The second-order valence-electron chi connectivity index (χ2n) is 4.78. The molecule has 0 atom stereocenters. The van der Waals surface area contributed by atoms with Crippen molar-refractivity contribution in [2.24, 2.45) is 10.7 Å². The van der Waals surface area contributed by atoms with E-state index in [-0.39, 0.29) is 0 Å². The number of hydrogen-bond acceptors (Lipinski definition) is 2. The van der Waals surface area contributed by atoms with Gasteiger partial charge in [0.2, 0.25) is 0 Å². The van der Waals surface area contributed by atoms with Gasteiger partial charge in [-0.15, -0.1) is 0 Å². The van der Waals surface area contributed by atoms with E-state index < -0.39 is 0 Å². The van der Waals surface area contributed by atoms with Crippen LogP contribution in [0.4, 0.5) is 0 Å². The Hall–Kier alpha value is -1.23. The Morgan fingerprint density at radius 2 is 2.21 bits per heavy atom. The first-order chi connectivity index (χ1) is 9.19. The van der Waals surface area contributed by atoms with Crippen LogP contribution >= 0.6 is 15.9 Å². The van der Waals surface area contributed by atoms with Crippen molar-refractivity contribution < 1.29 is 4.74 Å². The van der Waals surface area contributed by atoms with E-state index in [0.717, 1.165) is 15.8 Å². The predicted molar refractivity (Wildman–Crippen MR) is 81.4 cm³/mol. The summed E-state index contributed by atoms with van der Waals surface area (Å²) in [5, 5.41) is 3.28. The number of ether oxygens (including phenoxy) is 1. The molecule has 1 aliphatic carbocycles. The first-order valence-electron chi connectivity index (χ1n) is 6.58. The molecule has 1 aromatic carbocycles.